The number of hydrogen-bond donors (Lipinski definition) is 1. The van der Waals surface area contributed by atoms with Gasteiger partial charge >= 0.3 is 6.36 Å². The summed E-state index contributed by atoms with van der Waals surface area (Å²) in [5.41, 5.74) is 6.21. The molecular weight excluding hydrogens is 299 g/mol. The number of nitrogens with two attached hydrogens (primary N) is 1. The Morgan fingerprint density at radius 1 is 1.35 bits per heavy atom. The second kappa shape index (κ2) is 5.95. The van der Waals surface area contributed by atoms with Crippen molar-refractivity contribution >= 4 is 27.7 Å². The molecule has 0 radical (unpaired) electrons. The number of benzene rings is 1. The average molecular weight is 310 g/mol. The lowest BCUT2D eigenvalue weighted by Crippen LogP contribution is -2.17. The molecule has 0 aliphatic rings. The summed E-state index contributed by atoms with van der Waals surface area (Å²) in [7, 11) is 0. The van der Waals surface area contributed by atoms with Crippen LogP contribution in [0.4, 0.5) is 18.9 Å². The van der Waals surface area contributed by atoms with E-state index in [2.05, 4.69) is 20.7 Å². The van der Waals surface area contributed by atoms with Gasteiger partial charge in [-0.25, -0.2) is 0 Å². The summed E-state index contributed by atoms with van der Waals surface area (Å²) < 4.78 is 40.3. The Morgan fingerprint density at radius 2 is 2.06 bits per heavy atom. The molecule has 1 rings (SSSR count). The van der Waals surface area contributed by atoms with Gasteiger partial charge in [-0.3, -0.25) is 0 Å². The smallest absolute Gasteiger partial charge is 0.405 e. The molecule has 2 N–H and O–H groups in total. The van der Waals surface area contributed by atoms with Crippen molar-refractivity contribution in [1.29, 1.82) is 0 Å². The van der Waals surface area contributed by atoms with Crippen LogP contribution >= 0.6 is 15.9 Å². The number of alkyl halides is 4. The van der Waals surface area contributed by atoms with Gasteiger partial charge in [-0.1, -0.05) is 28.1 Å². The summed E-state index contributed by atoms with van der Waals surface area (Å²) in [6.07, 6.45) is -0.695. The van der Waals surface area contributed by atoms with Gasteiger partial charge in [-0.2, -0.15) is 0 Å². The van der Waals surface area contributed by atoms with Gasteiger partial charge in [0, 0.05) is 16.6 Å². The van der Waals surface area contributed by atoms with E-state index in [-0.39, 0.29) is 5.75 Å². The molecule has 94 valence electrons. The van der Waals surface area contributed by atoms with E-state index in [9.17, 15) is 13.2 Å². The van der Waals surface area contributed by atoms with Gasteiger partial charge < -0.3 is 10.5 Å². The minimum Gasteiger partial charge on any atom is -0.405 e. The molecule has 0 atom stereocenters. The molecule has 6 heteroatoms. The van der Waals surface area contributed by atoms with Gasteiger partial charge in [-0.05, 0) is 24.6 Å². The molecule has 2 nitrogen and oxygen atoms in total. The maximum atomic E-state index is 12.1. The third-order valence-corrected chi connectivity index (χ3v) is 2.29. The fourth-order valence-corrected chi connectivity index (χ4v) is 1.45. The van der Waals surface area contributed by atoms with Crippen LogP contribution in [-0.4, -0.2) is 11.7 Å². The molecule has 0 bridgehead atoms. The summed E-state index contributed by atoms with van der Waals surface area (Å²) in [5.74, 6) is -0.252. The van der Waals surface area contributed by atoms with Crippen LogP contribution in [0.2, 0.25) is 0 Å². The van der Waals surface area contributed by atoms with Crippen molar-refractivity contribution in [2.24, 2.45) is 0 Å². The van der Waals surface area contributed by atoms with Gasteiger partial charge in [0.25, 0.3) is 0 Å². The van der Waals surface area contributed by atoms with Crippen molar-refractivity contribution in [1.82, 2.24) is 0 Å². The van der Waals surface area contributed by atoms with Crippen molar-refractivity contribution in [3.05, 3.63) is 29.8 Å². The van der Waals surface area contributed by atoms with E-state index in [0.29, 0.717) is 17.7 Å². The highest BCUT2D eigenvalue weighted by atomic mass is 79.9. The number of allylic oxidation sites excluding steroid dienone is 1. The lowest BCUT2D eigenvalue weighted by atomic mass is 10.1. The van der Waals surface area contributed by atoms with Crippen molar-refractivity contribution in [3.63, 3.8) is 0 Å². The lowest BCUT2D eigenvalue weighted by Gasteiger charge is -2.11. The van der Waals surface area contributed by atoms with E-state index in [0.717, 1.165) is 5.33 Å². The van der Waals surface area contributed by atoms with Crippen LogP contribution in [0, 0.1) is 0 Å². The summed E-state index contributed by atoms with van der Waals surface area (Å²) in [6, 6.07) is 4.01. The molecule has 17 heavy (non-hydrogen) atoms. The first kappa shape index (κ1) is 13.9. The highest BCUT2D eigenvalue weighted by molar-refractivity contribution is 9.09. The SMILES string of the molecule is Nc1ccc(OC(F)(F)F)c(C=CCCBr)c1. The van der Waals surface area contributed by atoms with E-state index in [1.54, 1.807) is 12.2 Å². The molecule has 0 aromatic heterocycles. The van der Waals surface area contributed by atoms with Gasteiger partial charge in [-0.15, -0.1) is 13.2 Å². The Labute approximate surface area is 105 Å². The third-order valence-electron chi connectivity index (χ3n) is 1.83. The molecule has 1 aromatic rings. The summed E-state index contributed by atoms with van der Waals surface area (Å²) >= 11 is 3.22. The molecule has 0 unspecified atom stereocenters. The molecule has 0 saturated heterocycles. The van der Waals surface area contributed by atoms with Crippen LogP contribution in [-0.2, 0) is 0 Å². The molecule has 0 aliphatic heterocycles. The number of hydrogen-bond acceptors (Lipinski definition) is 2. The van der Waals surface area contributed by atoms with Gasteiger partial charge in [0.15, 0.2) is 0 Å². The average Bonchev–Trinajstić information content (AvgIpc) is 2.20. The van der Waals surface area contributed by atoms with Gasteiger partial charge in [0.05, 0.1) is 0 Å². The molecule has 1 aromatic carbocycles. The number of halogens is 4. The first-order valence-electron chi connectivity index (χ1n) is 4.80. The Hall–Kier alpha value is -1.17. The van der Waals surface area contributed by atoms with Crippen LogP contribution in [0.15, 0.2) is 24.3 Å². The van der Waals surface area contributed by atoms with Gasteiger partial charge in [0.1, 0.15) is 5.75 Å². The largest absolute Gasteiger partial charge is 0.573 e. The van der Waals surface area contributed by atoms with Gasteiger partial charge in [0.2, 0.25) is 0 Å². The molecule has 0 spiro atoms. The van der Waals surface area contributed by atoms with Crippen LogP contribution in [0.1, 0.15) is 12.0 Å². The summed E-state index contributed by atoms with van der Waals surface area (Å²) in [5, 5.41) is 0.737. The first-order valence-corrected chi connectivity index (χ1v) is 5.92. The molecular formula is C11H11BrF3NO. The van der Waals surface area contributed by atoms with Crippen molar-refractivity contribution in [3.8, 4) is 5.75 Å². The van der Waals surface area contributed by atoms with Crippen LogP contribution < -0.4 is 10.5 Å². The Morgan fingerprint density at radius 3 is 2.65 bits per heavy atom. The fourth-order valence-electron chi connectivity index (χ4n) is 1.19. The zero-order chi connectivity index (χ0) is 12.9. The van der Waals surface area contributed by atoms with E-state index in [4.69, 9.17) is 5.73 Å². The standard InChI is InChI=1S/C11H11BrF3NO/c12-6-2-1-3-8-7-9(16)4-5-10(8)17-11(13,14)15/h1,3-5,7H,2,6,16H2. The third kappa shape index (κ3) is 5.12. The minimum absolute atomic E-state index is 0.252. The van der Waals surface area contributed by atoms with Crippen molar-refractivity contribution < 1.29 is 17.9 Å². The maximum Gasteiger partial charge on any atom is 0.573 e. The Bertz CT molecular complexity index is 404. The quantitative estimate of drug-likeness (QED) is 0.675. The zero-order valence-electron chi connectivity index (χ0n) is 8.80. The van der Waals surface area contributed by atoms with Crippen LogP contribution in [0.3, 0.4) is 0 Å². The maximum absolute atomic E-state index is 12.1. The number of anilines is 1. The predicted molar refractivity (Wildman–Crippen MR) is 65.0 cm³/mol. The monoisotopic (exact) mass is 309 g/mol. The Balaban J connectivity index is 2.95. The van der Waals surface area contributed by atoms with Crippen LogP contribution in [0.25, 0.3) is 6.08 Å². The summed E-state index contributed by atoms with van der Waals surface area (Å²) in [6.45, 7) is 0. The van der Waals surface area contributed by atoms with Crippen molar-refractivity contribution in [2.45, 2.75) is 12.8 Å². The fraction of sp³-hybridized carbons (Fsp3) is 0.273. The molecule has 0 amide bonds. The number of nitrogen functional groups attached to an aromatic ring is 1. The molecule has 0 saturated carbocycles. The van der Waals surface area contributed by atoms with E-state index in [1.165, 1.54) is 18.2 Å². The Kier molecular flexibility index (Phi) is 4.86. The lowest BCUT2D eigenvalue weighted by molar-refractivity contribution is -0.274. The minimum atomic E-state index is -4.70. The normalized spacial score (nSPS) is 12.0. The summed E-state index contributed by atoms with van der Waals surface area (Å²) in [4.78, 5) is 0. The van der Waals surface area contributed by atoms with E-state index >= 15 is 0 Å². The number of rotatable bonds is 4. The predicted octanol–water partition coefficient (Wildman–Crippen LogP) is 3.97. The first-order chi connectivity index (χ1) is 7.92. The highest BCUT2D eigenvalue weighted by Gasteiger charge is 2.31. The topological polar surface area (TPSA) is 35.2 Å². The van der Waals surface area contributed by atoms with Crippen molar-refractivity contribution in [2.75, 3.05) is 11.1 Å². The number of ether oxygens (including phenoxy) is 1. The second-order valence-electron chi connectivity index (χ2n) is 3.23. The second-order valence-corrected chi connectivity index (χ2v) is 4.02. The highest BCUT2D eigenvalue weighted by Crippen LogP contribution is 2.28. The molecule has 0 aliphatic carbocycles. The molecule has 0 fully saturated rings. The zero-order valence-corrected chi connectivity index (χ0v) is 10.4. The van der Waals surface area contributed by atoms with Crippen LogP contribution in [0.5, 0.6) is 5.75 Å². The van der Waals surface area contributed by atoms with E-state index in [1.807, 2.05) is 0 Å². The molecule has 0 heterocycles. The van der Waals surface area contributed by atoms with E-state index < -0.39 is 6.36 Å².